The van der Waals surface area contributed by atoms with Crippen LogP contribution in [0, 0.1) is 5.41 Å². The molecule has 0 aliphatic heterocycles. The van der Waals surface area contributed by atoms with Gasteiger partial charge in [-0.3, -0.25) is 9.59 Å². The molecule has 5 nitrogen and oxygen atoms in total. The molecule has 0 aliphatic carbocycles. The number of rotatable bonds is 6. The molecule has 0 spiro atoms. The van der Waals surface area contributed by atoms with Gasteiger partial charge in [-0.2, -0.15) is 0 Å². The van der Waals surface area contributed by atoms with Crippen molar-refractivity contribution in [1.82, 2.24) is 10.6 Å². The molecule has 102 valence electrons. The standard InChI is InChI=1S/C11H23N3O2.ClH/c1-5-6-8(12)9(15)14-7-11(2,3)10(16)13-4;/h8H,5-7,12H2,1-4H3,(H,13,16)(H,14,15);1H. The zero-order valence-electron chi connectivity index (χ0n) is 11.0. The Morgan fingerprint density at radius 1 is 1.35 bits per heavy atom. The third-order valence-electron chi connectivity index (χ3n) is 2.48. The zero-order valence-corrected chi connectivity index (χ0v) is 11.8. The van der Waals surface area contributed by atoms with Gasteiger partial charge in [0.1, 0.15) is 0 Å². The summed E-state index contributed by atoms with van der Waals surface area (Å²) in [6, 6.07) is -0.481. The first-order valence-corrected chi connectivity index (χ1v) is 5.60. The topological polar surface area (TPSA) is 84.2 Å². The van der Waals surface area contributed by atoms with Crippen molar-refractivity contribution >= 4 is 24.2 Å². The minimum atomic E-state index is -0.615. The largest absolute Gasteiger partial charge is 0.359 e. The van der Waals surface area contributed by atoms with Gasteiger partial charge in [0.25, 0.3) is 0 Å². The Morgan fingerprint density at radius 3 is 2.29 bits per heavy atom. The predicted octanol–water partition coefficient (Wildman–Crippen LogP) is 0.424. The minimum Gasteiger partial charge on any atom is -0.359 e. The summed E-state index contributed by atoms with van der Waals surface area (Å²) in [6.07, 6.45) is 1.53. The molecule has 2 amide bonds. The van der Waals surface area contributed by atoms with Crippen LogP contribution in [-0.4, -0.2) is 31.4 Å². The Balaban J connectivity index is 0. The molecular weight excluding hydrogens is 242 g/mol. The highest BCUT2D eigenvalue weighted by Gasteiger charge is 2.27. The van der Waals surface area contributed by atoms with E-state index in [1.54, 1.807) is 20.9 Å². The van der Waals surface area contributed by atoms with E-state index < -0.39 is 11.5 Å². The van der Waals surface area contributed by atoms with Crippen molar-refractivity contribution in [3.63, 3.8) is 0 Å². The third-order valence-corrected chi connectivity index (χ3v) is 2.48. The molecule has 0 saturated heterocycles. The Bertz CT molecular complexity index is 257. The quantitative estimate of drug-likeness (QED) is 0.651. The lowest BCUT2D eigenvalue weighted by atomic mass is 9.92. The van der Waals surface area contributed by atoms with Crippen molar-refractivity contribution in [2.24, 2.45) is 11.1 Å². The molecule has 1 atom stereocenters. The van der Waals surface area contributed by atoms with E-state index in [0.717, 1.165) is 6.42 Å². The van der Waals surface area contributed by atoms with E-state index in [-0.39, 0.29) is 24.2 Å². The van der Waals surface area contributed by atoms with Gasteiger partial charge in [-0.1, -0.05) is 13.3 Å². The highest BCUT2D eigenvalue weighted by atomic mass is 35.5. The first-order valence-electron chi connectivity index (χ1n) is 5.60. The average Bonchev–Trinajstić information content (AvgIpc) is 2.25. The summed E-state index contributed by atoms with van der Waals surface area (Å²) in [5.41, 5.74) is 5.04. The molecule has 1 unspecified atom stereocenters. The SMILES string of the molecule is CCCC(N)C(=O)NCC(C)(C)C(=O)NC.Cl. The van der Waals surface area contributed by atoms with Gasteiger partial charge >= 0.3 is 0 Å². The first-order chi connectivity index (χ1) is 7.35. The summed E-state index contributed by atoms with van der Waals surface area (Å²) in [4.78, 5) is 23.0. The second-order valence-electron chi connectivity index (χ2n) is 4.58. The Morgan fingerprint density at radius 2 is 1.88 bits per heavy atom. The monoisotopic (exact) mass is 265 g/mol. The summed E-state index contributed by atoms with van der Waals surface area (Å²) in [5.74, 6) is -0.296. The fraction of sp³-hybridized carbons (Fsp3) is 0.818. The number of hydrogen-bond acceptors (Lipinski definition) is 3. The zero-order chi connectivity index (χ0) is 12.8. The van der Waals surface area contributed by atoms with E-state index in [1.165, 1.54) is 0 Å². The fourth-order valence-electron chi connectivity index (χ4n) is 1.30. The van der Waals surface area contributed by atoms with Crippen molar-refractivity contribution in [2.45, 2.75) is 39.7 Å². The number of halogens is 1. The third kappa shape index (κ3) is 6.48. The van der Waals surface area contributed by atoms with Crippen molar-refractivity contribution in [3.8, 4) is 0 Å². The molecule has 0 aromatic rings. The highest BCUT2D eigenvalue weighted by Crippen LogP contribution is 2.13. The van der Waals surface area contributed by atoms with Crippen LogP contribution < -0.4 is 16.4 Å². The number of carbonyl (C=O) groups excluding carboxylic acids is 2. The molecule has 0 bridgehead atoms. The summed E-state index contributed by atoms with van der Waals surface area (Å²) in [5, 5.41) is 5.26. The smallest absolute Gasteiger partial charge is 0.236 e. The van der Waals surface area contributed by atoms with E-state index >= 15 is 0 Å². The van der Waals surface area contributed by atoms with Gasteiger partial charge in [0.15, 0.2) is 0 Å². The molecule has 0 aromatic heterocycles. The summed E-state index contributed by atoms with van der Waals surface area (Å²) in [7, 11) is 1.58. The highest BCUT2D eigenvalue weighted by molar-refractivity contribution is 5.85. The molecule has 6 heteroatoms. The van der Waals surface area contributed by atoms with Crippen LogP contribution in [0.4, 0.5) is 0 Å². The number of amides is 2. The van der Waals surface area contributed by atoms with Gasteiger partial charge in [0, 0.05) is 13.6 Å². The van der Waals surface area contributed by atoms with Gasteiger partial charge in [-0.15, -0.1) is 12.4 Å². The molecular formula is C11H24ClN3O2. The van der Waals surface area contributed by atoms with E-state index in [4.69, 9.17) is 5.73 Å². The van der Waals surface area contributed by atoms with Gasteiger partial charge < -0.3 is 16.4 Å². The molecule has 0 aromatic carbocycles. The summed E-state index contributed by atoms with van der Waals surface area (Å²) >= 11 is 0. The Hall–Kier alpha value is -0.810. The molecule has 0 rings (SSSR count). The minimum absolute atomic E-state index is 0. The normalized spacial score (nSPS) is 12.3. The molecule has 0 aliphatic rings. The van der Waals surface area contributed by atoms with Crippen molar-refractivity contribution in [3.05, 3.63) is 0 Å². The van der Waals surface area contributed by atoms with E-state index in [9.17, 15) is 9.59 Å². The molecule has 4 N–H and O–H groups in total. The lowest BCUT2D eigenvalue weighted by molar-refractivity contribution is -0.129. The van der Waals surface area contributed by atoms with E-state index in [2.05, 4.69) is 10.6 Å². The van der Waals surface area contributed by atoms with Crippen LogP contribution in [0.25, 0.3) is 0 Å². The maximum absolute atomic E-state index is 11.5. The van der Waals surface area contributed by atoms with Crippen LogP contribution >= 0.6 is 12.4 Å². The van der Waals surface area contributed by atoms with Gasteiger partial charge in [0.2, 0.25) is 11.8 Å². The predicted molar refractivity (Wildman–Crippen MR) is 71.0 cm³/mol. The van der Waals surface area contributed by atoms with Crippen LogP contribution in [0.3, 0.4) is 0 Å². The van der Waals surface area contributed by atoms with Crippen LogP contribution in [0.1, 0.15) is 33.6 Å². The van der Waals surface area contributed by atoms with Gasteiger partial charge in [-0.05, 0) is 20.3 Å². The van der Waals surface area contributed by atoms with Crippen LogP contribution in [0.5, 0.6) is 0 Å². The Labute approximate surface area is 109 Å². The lowest BCUT2D eigenvalue weighted by Crippen LogP contribution is -2.48. The van der Waals surface area contributed by atoms with Crippen LogP contribution in [0.15, 0.2) is 0 Å². The number of nitrogens with one attached hydrogen (secondary N) is 2. The summed E-state index contributed by atoms with van der Waals surface area (Å²) < 4.78 is 0. The first kappa shape index (κ1) is 18.6. The molecule has 0 saturated carbocycles. The second-order valence-corrected chi connectivity index (χ2v) is 4.58. The summed E-state index contributed by atoms with van der Waals surface area (Å²) in [6.45, 7) is 5.82. The number of carbonyl (C=O) groups is 2. The maximum atomic E-state index is 11.5. The van der Waals surface area contributed by atoms with E-state index in [0.29, 0.717) is 13.0 Å². The maximum Gasteiger partial charge on any atom is 0.236 e. The fourth-order valence-corrected chi connectivity index (χ4v) is 1.30. The van der Waals surface area contributed by atoms with Crippen molar-refractivity contribution in [2.75, 3.05) is 13.6 Å². The molecule has 17 heavy (non-hydrogen) atoms. The Kier molecular flexibility index (Phi) is 9.06. The molecule has 0 heterocycles. The van der Waals surface area contributed by atoms with Crippen molar-refractivity contribution < 1.29 is 9.59 Å². The van der Waals surface area contributed by atoms with Crippen molar-refractivity contribution in [1.29, 1.82) is 0 Å². The average molecular weight is 266 g/mol. The number of nitrogens with two attached hydrogens (primary N) is 1. The molecule has 0 fully saturated rings. The number of hydrogen-bond donors (Lipinski definition) is 3. The van der Waals surface area contributed by atoms with Crippen LogP contribution in [0.2, 0.25) is 0 Å². The molecule has 0 radical (unpaired) electrons. The van der Waals surface area contributed by atoms with E-state index in [1.807, 2.05) is 6.92 Å². The lowest BCUT2D eigenvalue weighted by Gasteiger charge is -2.23. The van der Waals surface area contributed by atoms with Crippen LogP contribution in [-0.2, 0) is 9.59 Å². The van der Waals surface area contributed by atoms with Gasteiger partial charge in [0.05, 0.1) is 11.5 Å². The van der Waals surface area contributed by atoms with Gasteiger partial charge in [-0.25, -0.2) is 0 Å². The second kappa shape index (κ2) is 8.31.